The molecule has 0 aliphatic carbocycles. The third kappa shape index (κ3) is 37.0. The highest BCUT2D eigenvalue weighted by molar-refractivity contribution is 7.47. The van der Waals surface area contributed by atoms with Gasteiger partial charge in [0.2, 0.25) is 0 Å². The Labute approximate surface area is 317 Å². The SMILES string of the molecule is CCCCCC(=O)/C=C/C=C\CCCCCCCC(=O)OC[C@H](COP(=O)(O)OC[C@@H](O)COP(=O)(O)O)OC(=O)CCCCCCCCCC(C)C. The number of phosphoric ester groups is 2. The summed E-state index contributed by atoms with van der Waals surface area (Å²) in [5.74, 6) is -0.238. The largest absolute Gasteiger partial charge is 0.472 e. The van der Waals surface area contributed by atoms with Gasteiger partial charge >= 0.3 is 27.6 Å². The molecule has 0 amide bonds. The van der Waals surface area contributed by atoms with Crippen LogP contribution in [-0.4, -0.2) is 76.1 Å². The van der Waals surface area contributed by atoms with Gasteiger partial charge in [-0.1, -0.05) is 116 Å². The fraction of sp³-hybridized carbons (Fsp3) is 0.811. The standard InChI is InChI=1S/C37H68O14P2/c1-4-5-18-24-33(38)25-20-15-11-7-6-8-12-16-21-26-36(40)47-30-35(31-50-53(45,46)49-29-34(39)28-48-52(42,43)44)51-37(41)27-22-17-13-9-10-14-19-23-32(2)3/h11,15,20,25,32,34-35,39H,4-10,12-14,16-19,21-24,26-31H2,1-3H3,(H,45,46)(H2,42,43,44)/b15-11-,25-20+/t34-,35+/m0/s1. The molecule has 0 aromatic carbocycles. The van der Waals surface area contributed by atoms with Gasteiger partial charge in [0, 0.05) is 19.3 Å². The van der Waals surface area contributed by atoms with E-state index in [1.807, 2.05) is 12.2 Å². The lowest BCUT2D eigenvalue weighted by molar-refractivity contribution is -0.161. The van der Waals surface area contributed by atoms with Crippen molar-refractivity contribution in [3.8, 4) is 0 Å². The van der Waals surface area contributed by atoms with E-state index in [0.29, 0.717) is 25.2 Å². The van der Waals surface area contributed by atoms with Crippen LogP contribution in [0.15, 0.2) is 24.3 Å². The minimum Gasteiger partial charge on any atom is -0.462 e. The van der Waals surface area contributed by atoms with Gasteiger partial charge in [-0.2, -0.15) is 0 Å². The summed E-state index contributed by atoms with van der Waals surface area (Å²) in [6.45, 7) is 3.76. The van der Waals surface area contributed by atoms with Crippen LogP contribution in [0.5, 0.6) is 0 Å². The van der Waals surface area contributed by atoms with Crippen molar-refractivity contribution in [1.29, 1.82) is 0 Å². The van der Waals surface area contributed by atoms with Gasteiger partial charge in [0.1, 0.15) is 12.7 Å². The second kappa shape index (κ2) is 32.5. The molecule has 0 aromatic heterocycles. The topological polar surface area (TPSA) is 212 Å². The summed E-state index contributed by atoms with van der Waals surface area (Å²) >= 11 is 0. The third-order valence-corrected chi connectivity index (χ3v) is 9.42. The number of carbonyl (C=O) groups is 3. The number of esters is 2. The number of ether oxygens (including phenoxy) is 2. The van der Waals surface area contributed by atoms with E-state index in [0.717, 1.165) is 77.0 Å². The highest BCUT2D eigenvalue weighted by Gasteiger charge is 2.28. The number of ketones is 1. The summed E-state index contributed by atoms with van der Waals surface area (Å²) in [6.07, 6.45) is 22.0. The maximum Gasteiger partial charge on any atom is 0.472 e. The number of hydrogen-bond donors (Lipinski definition) is 4. The van der Waals surface area contributed by atoms with Crippen molar-refractivity contribution in [3.63, 3.8) is 0 Å². The summed E-state index contributed by atoms with van der Waals surface area (Å²) in [5, 5.41) is 9.70. The minimum absolute atomic E-state index is 0.113. The van der Waals surface area contributed by atoms with Crippen LogP contribution < -0.4 is 0 Å². The Morgan fingerprint density at radius 1 is 0.642 bits per heavy atom. The first-order valence-electron chi connectivity index (χ1n) is 19.3. The van der Waals surface area contributed by atoms with Gasteiger partial charge in [0.25, 0.3) is 0 Å². The zero-order valence-electron chi connectivity index (χ0n) is 32.3. The number of phosphoric acid groups is 2. The first kappa shape index (κ1) is 51.3. The molecule has 0 bridgehead atoms. The summed E-state index contributed by atoms with van der Waals surface area (Å²) in [7, 11) is -9.68. The van der Waals surface area contributed by atoms with Crippen LogP contribution in [0.3, 0.4) is 0 Å². The van der Waals surface area contributed by atoms with Crippen LogP contribution in [0.25, 0.3) is 0 Å². The molecule has 0 radical (unpaired) electrons. The molecule has 14 nitrogen and oxygen atoms in total. The smallest absolute Gasteiger partial charge is 0.462 e. The van der Waals surface area contributed by atoms with Crippen molar-refractivity contribution in [2.75, 3.05) is 26.4 Å². The van der Waals surface area contributed by atoms with Crippen molar-refractivity contribution in [2.24, 2.45) is 5.92 Å². The van der Waals surface area contributed by atoms with Crippen LogP contribution >= 0.6 is 15.6 Å². The molecule has 0 fully saturated rings. The fourth-order valence-electron chi connectivity index (χ4n) is 4.98. The second-order valence-corrected chi connectivity index (χ2v) is 16.4. The number of aliphatic hydroxyl groups is 1. The van der Waals surface area contributed by atoms with E-state index in [1.165, 1.54) is 19.3 Å². The fourth-order valence-corrected chi connectivity index (χ4v) is 6.14. The molecule has 4 N–H and O–H groups in total. The molecular formula is C37H68O14P2. The Bertz CT molecular complexity index is 1120. The number of allylic oxidation sites excluding steroid dienone is 4. The lowest BCUT2D eigenvalue weighted by Crippen LogP contribution is -2.30. The Hall–Kier alpha value is -1.73. The first-order valence-corrected chi connectivity index (χ1v) is 22.4. The second-order valence-electron chi connectivity index (χ2n) is 13.7. The number of hydrogen-bond acceptors (Lipinski definition) is 11. The van der Waals surface area contributed by atoms with Crippen molar-refractivity contribution in [1.82, 2.24) is 0 Å². The van der Waals surface area contributed by atoms with Gasteiger partial charge in [0.15, 0.2) is 11.9 Å². The lowest BCUT2D eigenvalue weighted by atomic mass is 10.0. The quantitative estimate of drug-likeness (QED) is 0.0155. The normalized spacial score (nSPS) is 14.5. The third-order valence-electron chi connectivity index (χ3n) is 7.99. The molecular weight excluding hydrogens is 730 g/mol. The predicted octanol–water partition coefficient (Wildman–Crippen LogP) is 8.20. The molecule has 53 heavy (non-hydrogen) atoms. The Morgan fingerprint density at radius 3 is 1.81 bits per heavy atom. The van der Waals surface area contributed by atoms with Crippen LogP contribution in [0, 0.1) is 5.92 Å². The number of carbonyl (C=O) groups excluding carboxylic acids is 3. The first-order chi connectivity index (χ1) is 25.1. The van der Waals surface area contributed by atoms with Crippen LogP contribution in [0.2, 0.25) is 0 Å². The van der Waals surface area contributed by atoms with E-state index in [4.69, 9.17) is 23.8 Å². The number of rotatable bonds is 36. The monoisotopic (exact) mass is 798 g/mol. The van der Waals surface area contributed by atoms with Crippen LogP contribution in [0.1, 0.15) is 149 Å². The molecule has 3 atom stereocenters. The van der Waals surface area contributed by atoms with Crippen LogP contribution in [0.4, 0.5) is 0 Å². The van der Waals surface area contributed by atoms with E-state index in [-0.39, 0.29) is 18.6 Å². The lowest BCUT2D eigenvalue weighted by Gasteiger charge is -2.20. The van der Waals surface area contributed by atoms with E-state index in [9.17, 15) is 33.5 Å². The van der Waals surface area contributed by atoms with Crippen molar-refractivity contribution < 1.29 is 66.3 Å². The molecule has 0 heterocycles. The highest BCUT2D eigenvalue weighted by atomic mass is 31.2. The Kier molecular flexibility index (Phi) is 31.4. The van der Waals surface area contributed by atoms with E-state index in [1.54, 1.807) is 12.2 Å². The Morgan fingerprint density at radius 2 is 1.19 bits per heavy atom. The summed E-state index contributed by atoms with van der Waals surface area (Å²) in [6, 6.07) is 0. The van der Waals surface area contributed by atoms with Gasteiger partial charge in [0.05, 0.1) is 19.8 Å². The van der Waals surface area contributed by atoms with Gasteiger partial charge in [-0.25, -0.2) is 9.13 Å². The molecule has 0 saturated heterocycles. The van der Waals surface area contributed by atoms with E-state index < -0.39 is 66.2 Å². The van der Waals surface area contributed by atoms with Gasteiger partial charge in [-0.3, -0.25) is 28.0 Å². The average molecular weight is 799 g/mol. The highest BCUT2D eigenvalue weighted by Crippen LogP contribution is 2.43. The number of unbranched alkanes of at least 4 members (excludes halogenated alkanes) is 13. The zero-order valence-corrected chi connectivity index (χ0v) is 34.1. The summed E-state index contributed by atoms with van der Waals surface area (Å²) in [4.78, 5) is 64.1. The zero-order chi connectivity index (χ0) is 39.8. The van der Waals surface area contributed by atoms with Crippen molar-refractivity contribution >= 4 is 33.4 Å². The van der Waals surface area contributed by atoms with Gasteiger partial charge in [-0.05, 0) is 44.1 Å². The minimum atomic E-state index is -4.87. The molecule has 1 unspecified atom stereocenters. The number of aliphatic hydroxyl groups excluding tert-OH is 1. The van der Waals surface area contributed by atoms with Crippen LogP contribution in [-0.2, 0) is 46.6 Å². The molecule has 0 aliphatic heterocycles. The maximum absolute atomic E-state index is 12.6. The summed E-state index contributed by atoms with van der Waals surface area (Å²) < 4.78 is 47.5. The van der Waals surface area contributed by atoms with Gasteiger partial charge in [-0.15, -0.1) is 0 Å². The molecule has 0 spiro atoms. The maximum atomic E-state index is 12.6. The van der Waals surface area contributed by atoms with E-state index in [2.05, 4.69) is 29.8 Å². The molecule has 0 aromatic rings. The van der Waals surface area contributed by atoms with Gasteiger partial charge < -0.3 is 29.3 Å². The average Bonchev–Trinajstić information content (AvgIpc) is 3.09. The van der Waals surface area contributed by atoms with Crippen molar-refractivity contribution in [3.05, 3.63) is 24.3 Å². The van der Waals surface area contributed by atoms with Crippen molar-refractivity contribution in [2.45, 2.75) is 161 Å². The predicted molar refractivity (Wildman–Crippen MR) is 203 cm³/mol. The molecule has 16 heteroatoms. The Balaban J connectivity index is 4.61. The molecule has 0 saturated carbocycles. The van der Waals surface area contributed by atoms with E-state index >= 15 is 0 Å². The molecule has 0 rings (SSSR count). The molecule has 310 valence electrons. The molecule has 0 aliphatic rings. The summed E-state index contributed by atoms with van der Waals surface area (Å²) in [5.41, 5.74) is 0.